The third-order valence-corrected chi connectivity index (χ3v) is 3.86. The summed E-state index contributed by atoms with van der Waals surface area (Å²) in [5.41, 5.74) is 0.856. The molecule has 110 valence electrons. The maximum Gasteiger partial charge on any atom is 0.327 e. The molecule has 0 saturated heterocycles. The van der Waals surface area contributed by atoms with Crippen molar-refractivity contribution >= 4 is 16.7 Å². The molecule has 1 fully saturated rings. The Bertz CT molecular complexity index is 664. The van der Waals surface area contributed by atoms with Crippen LogP contribution >= 0.6 is 0 Å². The normalized spacial score (nSPS) is 15.7. The molecule has 1 aliphatic rings. The van der Waals surface area contributed by atoms with Gasteiger partial charge in [-0.25, -0.2) is 4.79 Å². The van der Waals surface area contributed by atoms with Gasteiger partial charge in [0.05, 0.1) is 14.2 Å². The number of hydrogen-bond donors (Lipinski definition) is 1. The Morgan fingerprint density at radius 3 is 2.62 bits per heavy atom. The third-order valence-electron chi connectivity index (χ3n) is 3.86. The smallest absolute Gasteiger partial charge is 0.327 e. The number of esters is 1. The van der Waals surface area contributed by atoms with Gasteiger partial charge in [0.1, 0.15) is 11.8 Å². The van der Waals surface area contributed by atoms with Gasteiger partial charge in [-0.2, -0.15) is 0 Å². The SMILES string of the molecule is COC(=O)C(NC1CC1)c1c(OC)ccc2ccccc12. The van der Waals surface area contributed by atoms with E-state index in [1.807, 2.05) is 36.4 Å². The lowest BCUT2D eigenvalue weighted by atomic mass is 9.97. The van der Waals surface area contributed by atoms with Crippen LogP contribution in [0.4, 0.5) is 0 Å². The summed E-state index contributed by atoms with van der Waals surface area (Å²) < 4.78 is 10.5. The predicted molar refractivity (Wildman–Crippen MR) is 81.4 cm³/mol. The van der Waals surface area contributed by atoms with Crippen LogP contribution in [0.15, 0.2) is 36.4 Å². The first-order chi connectivity index (χ1) is 10.2. The molecule has 1 N–H and O–H groups in total. The minimum Gasteiger partial charge on any atom is -0.496 e. The molecule has 1 aliphatic carbocycles. The molecule has 1 saturated carbocycles. The molecular weight excluding hydrogens is 266 g/mol. The molecule has 0 radical (unpaired) electrons. The highest BCUT2D eigenvalue weighted by Gasteiger charge is 2.32. The summed E-state index contributed by atoms with van der Waals surface area (Å²) in [5.74, 6) is 0.425. The zero-order valence-electron chi connectivity index (χ0n) is 12.3. The van der Waals surface area contributed by atoms with Gasteiger partial charge in [-0.3, -0.25) is 5.32 Å². The van der Waals surface area contributed by atoms with E-state index in [4.69, 9.17) is 9.47 Å². The van der Waals surface area contributed by atoms with Crippen molar-refractivity contribution in [3.8, 4) is 5.75 Å². The lowest BCUT2D eigenvalue weighted by molar-refractivity contribution is -0.143. The molecule has 3 rings (SSSR count). The number of carbonyl (C=O) groups is 1. The van der Waals surface area contributed by atoms with E-state index in [1.165, 1.54) is 7.11 Å². The van der Waals surface area contributed by atoms with Crippen molar-refractivity contribution in [1.82, 2.24) is 5.32 Å². The topological polar surface area (TPSA) is 47.6 Å². The summed E-state index contributed by atoms with van der Waals surface area (Å²) in [6.07, 6.45) is 2.20. The first kappa shape index (κ1) is 13.9. The Kier molecular flexibility index (Phi) is 3.80. The second-order valence-electron chi connectivity index (χ2n) is 5.30. The van der Waals surface area contributed by atoms with E-state index >= 15 is 0 Å². The highest BCUT2D eigenvalue weighted by molar-refractivity contribution is 5.93. The monoisotopic (exact) mass is 285 g/mol. The highest BCUT2D eigenvalue weighted by atomic mass is 16.5. The van der Waals surface area contributed by atoms with Crippen LogP contribution in [0.3, 0.4) is 0 Å². The van der Waals surface area contributed by atoms with E-state index < -0.39 is 6.04 Å². The largest absolute Gasteiger partial charge is 0.496 e. The van der Waals surface area contributed by atoms with Gasteiger partial charge in [-0.1, -0.05) is 30.3 Å². The number of hydrogen-bond acceptors (Lipinski definition) is 4. The van der Waals surface area contributed by atoms with Crippen molar-refractivity contribution in [1.29, 1.82) is 0 Å². The van der Waals surface area contributed by atoms with E-state index in [9.17, 15) is 4.79 Å². The van der Waals surface area contributed by atoms with Gasteiger partial charge in [-0.05, 0) is 29.7 Å². The fourth-order valence-corrected chi connectivity index (χ4v) is 2.62. The van der Waals surface area contributed by atoms with Gasteiger partial charge in [0, 0.05) is 11.6 Å². The summed E-state index contributed by atoms with van der Waals surface area (Å²) >= 11 is 0. The van der Waals surface area contributed by atoms with Crippen LogP contribution in [0.25, 0.3) is 10.8 Å². The molecular formula is C17H19NO3. The maximum absolute atomic E-state index is 12.2. The van der Waals surface area contributed by atoms with Crippen LogP contribution < -0.4 is 10.1 Å². The summed E-state index contributed by atoms with van der Waals surface area (Å²) in [6.45, 7) is 0. The minimum atomic E-state index is -0.497. The molecule has 0 bridgehead atoms. The minimum absolute atomic E-state index is 0.281. The Balaban J connectivity index is 2.15. The van der Waals surface area contributed by atoms with Gasteiger partial charge < -0.3 is 9.47 Å². The molecule has 1 unspecified atom stereocenters. The van der Waals surface area contributed by atoms with Crippen molar-refractivity contribution < 1.29 is 14.3 Å². The Morgan fingerprint density at radius 2 is 1.95 bits per heavy atom. The molecule has 0 aromatic heterocycles. The molecule has 0 heterocycles. The fourth-order valence-electron chi connectivity index (χ4n) is 2.62. The van der Waals surface area contributed by atoms with Gasteiger partial charge in [0.15, 0.2) is 0 Å². The van der Waals surface area contributed by atoms with Crippen molar-refractivity contribution in [2.45, 2.75) is 24.9 Å². The molecule has 2 aromatic carbocycles. The molecule has 4 heteroatoms. The number of rotatable bonds is 5. The van der Waals surface area contributed by atoms with Crippen molar-refractivity contribution in [2.24, 2.45) is 0 Å². The fraction of sp³-hybridized carbons (Fsp3) is 0.353. The third kappa shape index (κ3) is 2.72. The summed E-state index contributed by atoms with van der Waals surface area (Å²) in [5, 5.41) is 5.47. The van der Waals surface area contributed by atoms with E-state index in [0.717, 1.165) is 29.2 Å². The average Bonchev–Trinajstić information content (AvgIpc) is 3.35. The summed E-state index contributed by atoms with van der Waals surface area (Å²) in [4.78, 5) is 12.2. The van der Waals surface area contributed by atoms with Crippen molar-refractivity contribution in [3.63, 3.8) is 0 Å². The molecule has 2 aromatic rings. The van der Waals surface area contributed by atoms with E-state index in [0.29, 0.717) is 11.8 Å². The summed E-state index contributed by atoms with van der Waals surface area (Å²) in [6, 6.07) is 11.8. The van der Waals surface area contributed by atoms with Gasteiger partial charge in [0.2, 0.25) is 0 Å². The number of fused-ring (bicyclic) bond motifs is 1. The molecule has 21 heavy (non-hydrogen) atoms. The van der Waals surface area contributed by atoms with E-state index in [-0.39, 0.29) is 5.97 Å². The highest BCUT2D eigenvalue weighted by Crippen LogP contribution is 2.35. The second-order valence-corrected chi connectivity index (χ2v) is 5.30. The van der Waals surface area contributed by atoms with Crippen molar-refractivity contribution in [3.05, 3.63) is 42.0 Å². The van der Waals surface area contributed by atoms with Crippen LogP contribution in [-0.2, 0) is 9.53 Å². The Labute approximate surface area is 124 Å². The van der Waals surface area contributed by atoms with Crippen LogP contribution in [0, 0.1) is 0 Å². The first-order valence-corrected chi connectivity index (χ1v) is 7.14. The number of carbonyl (C=O) groups excluding carboxylic acids is 1. The van der Waals surface area contributed by atoms with Crippen LogP contribution in [-0.4, -0.2) is 26.2 Å². The average molecular weight is 285 g/mol. The van der Waals surface area contributed by atoms with Crippen molar-refractivity contribution in [2.75, 3.05) is 14.2 Å². The quantitative estimate of drug-likeness (QED) is 0.858. The van der Waals surface area contributed by atoms with Crippen LogP contribution in [0.1, 0.15) is 24.4 Å². The Hall–Kier alpha value is -2.07. The molecule has 0 amide bonds. The first-order valence-electron chi connectivity index (χ1n) is 7.14. The van der Waals surface area contributed by atoms with E-state index in [1.54, 1.807) is 7.11 Å². The van der Waals surface area contributed by atoms with Gasteiger partial charge in [-0.15, -0.1) is 0 Å². The zero-order chi connectivity index (χ0) is 14.8. The van der Waals surface area contributed by atoms with Gasteiger partial charge >= 0.3 is 5.97 Å². The number of methoxy groups -OCH3 is 2. The number of benzene rings is 2. The van der Waals surface area contributed by atoms with Gasteiger partial charge in [0.25, 0.3) is 0 Å². The maximum atomic E-state index is 12.2. The van der Waals surface area contributed by atoms with E-state index in [2.05, 4.69) is 5.32 Å². The molecule has 4 nitrogen and oxygen atoms in total. The Morgan fingerprint density at radius 1 is 1.19 bits per heavy atom. The lowest BCUT2D eigenvalue weighted by Crippen LogP contribution is -2.31. The second kappa shape index (κ2) is 5.74. The molecule has 1 atom stereocenters. The standard InChI is InChI=1S/C17H19NO3/c1-20-14-10-7-11-5-3-4-6-13(11)15(14)16(17(19)21-2)18-12-8-9-12/h3-7,10,12,16,18H,8-9H2,1-2H3. The number of nitrogens with one attached hydrogen (secondary N) is 1. The molecule has 0 spiro atoms. The van der Waals surface area contributed by atoms with Crippen LogP contribution in [0.5, 0.6) is 5.75 Å². The lowest BCUT2D eigenvalue weighted by Gasteiger charge is -2.21. The summed E-state index contributed by atoms with van der Waals surface area (Å²) in [7, 11) is 3.04. The van der Waals surface area contributed by atoms with Crippen LogP contribution in [0.2, 0.25) is 0 Å². The zero-order valence-corrected chi connectivity index (χ0v) is 12.3. The predicted octanol–water partition coefficient (Wildman–Crippen LogP) is 2.81. The number of ether oxygens (including phenoxy) is 2. The molecule has 0 aliphatic heterocycles.